The Balaban J connectivity index is 0.000000925. The Morgan fingerprint density at radius 3 is 2.11 bits per heavy atom. The molecule has 2 bridgehead atoms. The van der Waals surface area contributed by atoms with Crippen LogP contribution < -0.4 is 18.9 Å². The molecular weight excluding hydrogens is 956 g/mol. The standard InChI is InChI=1S/C40H38Cl3F2N3O9S.C2HF3O2/c41-28-9-6-25(7-10-28)37(39(50)56-36-21-47-14-12-24(36)13-15-47)46-58(52,53)29-3-1-2-27(16-29)38(49)55-34(18-30-31(42)19-48(51)20-32(30)43)26-8-11-33(57-40(44)45)35(17-26)54-22-23-4-5-23;3-2(4,5)1(6)7/h1-3,6-11,16-17,19-20,23-24,34,36-37,40,46H,4-5,12-15,18,21-22H2;(H,6,7)/t34-,36-,37?;/m0./s1. The highest BCUT2D eigenvalue weighted by molar-refractivity contribution is 7.89. The van der Waals surface area contributed by atoms with Crippen LogP contribution in [0.3, 0.4) is 0 Å². The van der Waals surface area contributed by atoms with Gasteiger partial charge in [-0.05, 0) is 104 Å². The average Bonchev–Trinajstić information content (AvgIpc) is 4.08. The molecule has 8 rings (SSSR count). The van der Waals surface area contributed by atoms with Crippen LogP contribution in [0.5, 0.6) is 11.5 Å². The van der Waals surface area contributed by atoms with Crippen molar-refractivity contribution in [2.24, 2.45) is 11.8 Å². The maximum Gasteiger partial charge on any atom is 0.490 e. The van der Waals surface area contributed by atoms with Gasteiger partial charge in [0.15, 0.2) is 23.9 Å². The van der Waals surface area contributed by atoms with E-state index in [9.17, 15) is 45.2 Å². The second-order valence-electron chi connectivity index (χ2n) is 15.3. The molecule has 1 saturated carbocycles. The van der Waals surface area contributed by atoms with Crippen molar-refractivity contribution in [3.63, 3.8) is 0 Å². The lowest BCUT2D eigenvalue weighted by molar-refractivity contribution is -0.605. The van der Waals surface area contributed by atoms with E-state index in [1.165, 1.54) is 60.7 Å². The predicted octanol–water partition coefficient (Wildman–Crippen LogP) is 8.10. The predicted molar refractivity (Wildman–Crippen MR) is 222 cm³/mol. The van der Waals surface area contributed by atoms with E-state index in [0.29, 0.717) is 21.9 Å². The summed E-state index contributed by atoms with van der Waals surface area (Å²) in [6, 6.07) is 13.7. The molecule has 4 heterocycles. The number of nitrogens with zero attached hydrogens (tertiary/aromatic N) is 2. The number of carbonyl (C=O) groups is 3. The highest BCUT2D eigenvalue weighted by Gasteiger charge is 2.40. The molecule has 1 aromatic heterocycles. The molecule has 0 radical (unpaired) electrons. The van der Waals surface area contributed by atoms with Crippen LogP contribution in [0.1, 0.15) is 64.9 Å². The van der Waals surface area contributed by atoms with Crippen LogP contribution in [-0.4, -0.2) is 81.5 Å². The lowest BCUT2D eigenvalue weighted by Gasteiger charge is -2.44. The number of benzene rings is 3. The number of sulfonamides is 1. The van der Waals surface area contributed by atoms with Gasteiger partial charge in [0.2, 0.25) is 10.0 Å². The number of nitrogens with one attached hydrogen (secondary N) is 1. The first-order valence-corrected chi connectivity index (χ1v) is 22.4. The number of rotatable bonds is 16. The number of piperidine rings is 3. The third kappa shape index (κ3) is 13.5. The summed E-state index contributed by atoms with van der Waals surface area (Å²) < 4.78 is 112. The number of pyridine rings is 1. The van der Waals surface area contributed by atoms with Crippen LogP contribution in [0.25, 0.3) is 0 Å². The van der Waals surface area contributed by atoms with Gasteiger partial charge >= 0.3 is 30.7 Å². The van der Waals surface area contributed by atoms with E-state index >= 15 is 0 Å². The summed E-state index contributed by atoms with van der Waals surface area (Å²) in [6.45, 7) is -0.499. The number of fused-ring (bicyclic) bond motifs is 3. The zero-order valence-corrected chi connectivity index (χ0v) is 36.8. The van der Waals surface area contributed by atoms with Gasteiger partial charge in [0.25, 0.3) is 0 Å². The van der Waals surface area contributed by atoms with Gasteiger partial charge in [-0.25, -0.2) is 22.8 Å². The first-order chi connectivity index (χ1) is 30.7. The lowest BCUT2D eigenvalue weighted by atomic mass is 9.86. The summed E-state index contributed by atoms with van der Waals surface area (Å²) in [4.78, 5) is 38.4. The van der Waals surface area contributed by atoms with Crippen molar-refractivity contribution in [1.82, 2.24) is 9.62 Å². The van der Waals surface area contributed by atoms with E-state index in [4.69, 9.17) is 58.9 Å². The molecule has 23 heteroatoms. The minimum absolute atomic E-state index is 0.0187. The van der Waals surface area contributed by atoms with Crippen LogP contribution >= 0.6 is 34.8 Å². The molecule has 0 amide bonds. The Morgan fingerprint density at radius 1 is 0.908 bits per heavy atom. The van der Waals surface area contributed by atoms with Gasteiger partial charge < -0.3 is 29.3 Å². The van der Waals surface area contributed by atoms with Gasteiger partial charge in [-0.3, -0.25) is 4.90 Å². The number of hydrogen-bond acceptors (Lipinski definition) is 11. The molecule has 3 aliphatic heterocycles. The number of carbonyl (C=O) groups excluding carboxylic acids is 2. The number of carboxylic acid groups (broad SMARTS) is 1. The Hall–Kier alpha value is -4.99. The molecule has 3 atom stereocenters. The highest BCUT2D eigenvalue weighted by Crippen LogP contribution is 2.38. The SMILES string of the molecule is O=C(O)C(F)(F)F.O=C(O[C@@H](Cc1c(Cl)c[n+]([O-])cc1Cl)c1ccc(OC(F)F)c(OCC2CC2)c1)c1cccc(S(=O)(=O)NC(C(=O)O[C@H]2CN3CCC2CC3)c2ccc(Cl)cc2)c1. The van der Waals surface area contributed by atoms with Gasteiger partial charge in [-0.2, -0.15) is 31.4 Å². The molecule has 0 spiro atoms. The second kappa shape index (κ2) is 21.1. The Morgan fingerprint density at radius 2 is 1.54 bits per heavy atom. The smallest absolute Gasteiger partial charge is 0.490 e. The van der Waals surface area contributed by atoms with Crippen LogP contribution in [0, 0.1) is 17.0 Å². The first kappa shape index (κ1) is 49.4. The van der Waals surface area contributed by atoms with E-state index < -0.39 is 59.0 Å². The molecule has 3 saturated heterocycles. The van der Waals surface area contributed by atoms with E-state index in [-0.39, 0.29) is 68.0 Å². The molecule has 4 aromatic rings. The number of ether oxygens (including phenoxy) is 4. The third-order valence-electron chi connectivity index (χ3n) is 10.6. The molecule has 1 aliphatic carbocycles. The summed E-state index contributed by atoms with van der Waals surface area (Å²) in [5.41, 5.74) is 0.616. The molecular formula is C42H39Cl3F5N3O11S. The molecule has 350 valence electrons. The Labute approximate surface area is 383 Å². The number of alkyl halides is 5. The molecule has 2 N–H and O–H groups in total. The first-order valence-electron chi connectivity index (χ1n) is 19.8. The maximum absolute atomic E-state index is 14.0. The molecule has 14 nitrogen and oxygen atoms in total. The maximum atomic E-state index is 14.0. The van der Waals surface area contributed by atoms with Crippen LogP contribution in [-0.2, 0) is 35.5 Å². The molecule has 4 aliphatic rings. The van der Waals surface area contributed by atoms with Gasteiger partial charge in [-0.1, -0.05) is 59.1 Å². The number of hydrogen-bond donors (Lipinski definition) is 2. The van der Waals surface area contributed by atoms with Gasteiger partial charge in [0.05, 0.1) is 17.1 Å². The molecule has 1 unspecified atom stereocenters. The number of aromatic nitrogens is 1. The van der Waals surface area contributed by atoms with E-state index in [1.54, 1.807) is 0 Å². The number of halogens is 8. The number of esters is 2. The highest BCUT2D eigenvalue weighted by atomic mass is 35.5. The monoisotopic (exact) mass is 993 g/mol. The fourth-order valence-electron chi connectivity index (χ4n) is 7.04. The van der Waals surface area contributed by atoms with Crippen molar-refractivity contribution >= 4 is 62.7 Å². The summed E-state index contributed by atoms with van der Waals surface area (Å²) >= 11 is 18.9. The fraction of sp³-hybridized carbons (Fsp3) is 0.381. The van der Waals surface area contributed by atoms with E-state index in [2.05, 4.69) is 14.4 Å². The van der Waals surface area contributed by atoms with Crippen molar-refractivity contribution in [3.8, 4) is 11.5 Å². The topological polar surface area (TPSA) is 185 Å². The Kier molecular flexibility index (Phi) is 16.1. The zero-order valence-electron chi connectivity index (χ0n) is 33.7. The van der Waals surface area contributed by atoms with Gasteiger partial charge in [0, 0.05) is 23.6 Å². The number of aliphatic carboxylic acids is 1. The van der Waals surface area contributed by atoms with Crippen LogP contribution in [0.4, 0.5) is 22.0 Å². The summed E-state index contributed by atoms with van der Waals surface area (Å²) in [5, 5.41) is 19.4. The van der Waals surface area contributed by atoms with Crippen molar-refractivity contribution in [2.75, 3.05) is 26.2 Å². The van der Waals surface area contributed by atoms with E-state index in [1.807, 2.05) is 0 Å². The quantitative estimate of drug-likeness (QED) is 0.0477. The largest absolute Gasteiger partial charge is 0.619 e. The van der Waals surface area contributed by atoms with Crippen LogP contribution in [0.15, 0.2) is 84.0 Å². The summed E-state index contributed by atoms with van der Waals surface area (Å²) in [7, 11) is -4.50. The van der Waals surface area contributed by atoms with E-state index in [0.717, 1.165) is 57.2 Å². The lowest BCUT2D eigenvalue weighted by Crippen LogP contribution is -2.52. The van der Waals surface area contributed by atoms with Crippen molar-refractivity contribution < 1.29 is 73.5 Å². The minimum atomic E-state index is -5.08. The normalized spacial score (nSPS) is 19.1. The van der Waals surface area contributed by atoms with Gasteiger partial charge in [-0.15, -0.1) is 0 Å². The van der Waals surface area contributed by atoms with Crippen molar-refractivity contribution in [3.05, 3.63) is 122 Å². The van der Waals surface area contributed by atoms with Crippen molar-refractivity contribution in [2.45, 2.75) is 68.0 Å². The minimum Gasteiger partial charge on any atom is -0.619 e. The Bertz CT molecular complexity index is 2450. The molecule has 3 aromatic carbocycles. The number of carboxylic acids is 1. The molecule has 4 fully saturated rings. The molecule has 65 heavy (non-hydrogen) atoms. The van der Waals surface area contributed by atoms with Gasteiger partial charge in [0.1, 0.15) is 28.3 Å². The summed E-state index contributed by atoms with van der Waals surface area (Å²) in [5.74, 6) is -4.34. The zero-order chi connectivity index (χ0) is 47.2. The van der Waals surface area contributed by atoms with Crippen molar-refractivity contribution in [1.29, 1.82) is 0 Å². The summed E-state index contributed by atoms with van der Waals surface area (Å²) in [6.07, 6.45) is -1.16. The average molecular weight is 995 g/mol. The van der Waals surface area contributed by atoms with Crippen LogP contribution in [0.2, 0.25) is 15.1 Å². The third-order valence-corrected chi connectivity index (χ3v) is 12.9. The second-order valence-corrected chi connectivity index (χ2v) is 18.2. The fourth-order valence-corrected chi connectivity index (χ4v) is 8.98.